The molecule has 0 bridgehead atoms. The minimum atomic E-state index is -0.627. The van der Waals surface area contributed by atoms with Gasteiger partial charge in [-0.3, -0.25) is 4.79 Å². The summed E-state index contributed by atoms with van der Waals surface area (Å²) in [6.45, 7) is 2.56. The van der Waals surface area contributed by atoms with E-state index in [-0.39, 0.29) is 11.7 Å². The standard InChI is InChI=1S/C11H17N3O3/c1-8(11(15)14-6-7-16-2)17-9-4-3-5-13-10(9)12/h3-5,8H,6-7H2,1-2H3,(H2,12,13)(H,14,15). The minimum absolute atomic E-state index is 0.217. The van der Waals surface area contributed by atoms with Crippen LogP contribution in [-0.4, -0.2) is 37.3 Å². The fourth-order valence-electron chi connectivity index (χ4n) is 1.17. The number of hydrogen-bond acceptors (Lipinski definition) is 5. The van der Waals surface area contributed by atoms with Crippen molar-refractivity contribution in [1.82, 2.24) is 10.3 Å². The number of methoxy groups -OCH3 is 1. The average molecular weight is 239 g/mol. The van der Waals surface area contributed by atoms with Gasteiger partial charge in [-0.1, -0.05) is 0 Å². The summed E-state index contributed by atoms with van der Waals surface area (Å²) in [5, 5.41) is 2.67. The number of pyridine rings is 1. The van der Waals surface area contributed by atoms with Gasteiger partial charge in [-0.05, 0) is 19.1 Å². The van der Waals surface area contributed by atoms with Crippen LogP contribution in [0.3, 0.4) is 0 Å². The second kappa shape index (κ2) is 6.70. The van der Waals surface area contributed by atoms with Crippen LogP contribution in [0.2, 0.25) is 0 Å². The molecule has 0 radical (unpaired) electrons. The predicted molar refractivity (Wildman–Crippen MR) is 63.6 cm³/mol. The van der Waals surface area contributed by atoms with E-state index in [1.54, 1.807) is 32.4 Å². The summed E-state index contributed by atoms with van der Waals surface area (Å²) < 4.78 is 10.2. The van der Waals surface area contributed by atoms with Crippen molar-refractivity contribution in [3.05, 3.63) is 18.3 Å². The molecule has 1 atom stereocenters. The van der Waals surface area contributed by atoms with Gasteiger partial charge in [0.15, 0.2) is 17.7 Å². The van der Waals surface area contributed by atoms with Gasteiger partial charge in [-0.25, -0.2) is 4.98 Å². The van der Waals surface area contributed by atoms with E-state index in [4.69, 9.17) is 15.2 Å². The zero-order valence-electron chi connectivity index (χ0n) is 9.97. The summed E-state index contributed by atoms with van der Waals surface area (Å²) in [5.74, 6) is 0.455. The van der Waals surface area contributed by atoms with Crippen LogP contribution in [0.4, 0.5) is 5.82 Å². The second-order valence-corrected chi connectivity index (χ2v) is 3.43. The van der Waals surface area contributed by atoms with Gasteiger partial charge in [0.25, 0.3) is 5.91 Å². The number of nitrogens with one attached hydrogen (secondary N) is 1. The predicted octanol–water partition coefficient (Wildman–Crippen LogP) is 0.194. The van der Waals surface area contributed by atoms with E-state index in [1.807, 2.05) is 0 Å². The summed E-state index contributed by atoms with van der Waals surface area (Å²) in [6, 6.07) is 3.36. The highest BCUT2D eigenvalue weighted by molar-refractivity contribution is 5.80. The maximum atomic E-state index is 11.6. The van der Waals surface area contributed by atoms with Gasteiger partial charge in [0.1, 0.15) is 0 Å². The first kappa shape index (κ1) is 13.2. The summed E-state index contributed by atoms with van der Waals surface area (Å²) >= 11 is 0. The lowest BCUT2D eigenvalue weighted by molar-refractivity contribution is -0.127. The molecule has 1 amide bonds. The number of ether oxygens (including phenoxy) is 2. The molecule has 0 aliphatic carbocycles. The number of nitrogen functional groups attached to an aromatic ring is 1. The molecular weight excluding hydrogens is 222 g/mol. The zero-order chi connectivity index (χ0) is 12.7. The highest BCUT2D eigenvalue weighted by Crippen LogP contribution is 2.18. The van der Waals surface area contributed by atoms with E-state index in [1.165, 1.54) is 0 Å². The van der Waals surface area contributed by atoms with Crippen LogP contribution in [0.1, 0.15) is 6.92 Å². The lowest BCUT2D eigenvalue weighted by atomic mass is 10.3. The highest BCUT2D eigenvalue weighted by atomic mass is 16.5. The van der Waals surface area contributed by atoms with Crippen LogP contribution in [0.5, 0.6) is 5.75 Å². The van der Waals surface area contributed by atoms with E-state index in [9.17, 15) is 4.79 Å². The summed E-state index contributed by atoms with van der Waals surface area (Å²) in [4.78, 5) is 15.4. The molecule has 1 unspecified atom stereocenters. The fraction of sp³-hybridized carbons (Fsp3) is 0.455. The number of carbonyl (C=O) groups excluding carboxylic acids is 1. The Morgan fingerprint density at radius 1 is 1.65 bits per heavy atom. The van der Waals surface area contributed by atoms with E-state index in [2.05, 4.69) is 10.3 Å². The molecule has 1 aromatic rings. The van der Waals surface area contributed by atoms with Gasteiger partial charge >= 0.3 is 0 Å². The quantitative estimate of drug-likeness (QED) is 0.692. The Morgan fingerprint density at radius 3 is 3.06 bits per heavy atom. The van der Waals surface area contributed by atoms with Crippen molar-refractivity contribution in [2.24, 2.45) is 0 Å². The number of nitrogens with zero attached hydrogens (tertiary/aromatic N) is 1. The molecule has 1 heterocycles. The first-order valence-corrected chi connectivity index (χ1v) is 5.29. The second-order valence-electron chi connectivity index (χ2n) is 3.43. The summed E-state index contributed by atoms with van der Waals surface area (Å²) in [7, 11) is 1.57. The topological polar surface area (TPSA) is 86.5 Å². The first-order valence-electron chi connectivity index (χ1n) is 5.29. The Kier molecular flexibility index (Phi) is 5.22. The summed E-state index contributed by atoms with van der Waals surface area (Å²) in [5.41, 5.74) is 5.60. The van der Waals surface area contributed by atoms with E-state index >= 15 is 0 Å². The minimum Gasteiger partial charge on any atom is -0.477 e. The average Bonchev–Trinajstić information content (AvgIpc) is 2.32. The lowest BCUT2D eigenvalue weighted by Crippen LogP contribution is -2.38. The molecule has 0 aromatic carbocycles. The molecule has 0 saturated carbocycles. The van der Waals surface area contributed by atoms with Gasteiger partial charge < -0.3 is 20.5 Å². The first-order chi connectivity index (χ1) is 8.15. The molecule has 6 heteroatoms. The Morgan fingerprint density at radius 2 is 2.41 bits per heavy atom. The van der Waals surface area contributed by atoms with Crippen LogP contribution in [-0.2, 0) is 9.53 Å². The van der Waals surface area contributed by atoms with Gasteiger partial charge in [0, 0.05) is 19.9 Å². The van der Waals surface area contributed by atoms with Crippen LogP contribution in [0.15, 0.2) is 18.3 Å². The largest absolute Gasteiger partial charge is 0.477 e. The third kappa shape index (κ3) is 4.28. The Hall–Kier alpha value is -1.82. The van der Waals surface area contributed by atoms with Crippen molar-refractivity contribution in [1.29, 1.82) is 0 Å². The van der Waals surface area contributed by atoms with Crippen molar-refractivity contribution in [3.63, 3.8) is 0 Å². The Labute approximate surface area is 100 Å². The van der Waals surface area contributed by atoms with Crippen LogP contribution in [0, 0.1) is 0 Å². The van der Waals surface area contributed by atoms with E-state index < -0.39 is 6.10 Å². The number of aromatic nitrogens is 1. The maximum Gasteiger partial charge on any atom is 0.260 e. The SMILES string of the molecule is COCCNC(=O)C(C)Oc1cccnc1N. The number of amides is 1. The normalized spacial score (nSPS) is 11.9. The molecule has 1 rings (SSSR count). The number of hydrogen-bond donors (Lipinski definition) is 2. The number of carbonyl (C=O) groups is 1. The molecule has 3 N–H and O–H groups in total. The van der Waals surface area contributed by atoms with Crippen LogP contribution >= 0.6 is 0 Å². The van der Waals surface area contributed by atoms with E-state index in [0.717, 1.165) is 0 Å². The molecule has 0 aliphatic rings. The fourth-order valence-corrected chi connectivity index (χ4v) is 1.17. The maximum absolute atomic E-state index is 11.6. The van der Waals surface area contributed by atoms with Crippen LogP contribution in [0.25, 0.3) is 0 Å². The van der Waals surface area contributed by atoms with E-state index in [0.29, 0.717) is 18.9 Å². The number of rotatable bonds is 6. The Balaban J connectivity index is 2.46. The van der Waals surface area contributed by atoms with Crippen molar-refractivity contribution in [3.8, 4) is 5.75 Å². The molecule has 94 valence electrons. The molecule has 0 fully saturated rings. The molecular formula is C11H17N3O3. The zero-order valence-corrected chi connectivity index (χ0v) is 9.97. The molecule has 1 aromatic heterocycles. The Bertz CT molecular complexity index is 371. The molecule has 17 heavy (non-hydrogen) atoms. The van der Waals surface area contributed by atoms with Crippen molar-refractivity contribution < 1.29 is 14.3 Å². The molecule has 0 aliphatic heterocycles. The van der Waals surface area contributed by atoms with Gasteiger partial charge in [-0.15, -0.1) is 0 Å². The number of nitrogens with two attached hydrogens (primary N) is 1. The van der Waals surface area contributed by atoms with Crippen molar-refractivity contribution in [2.45, 2.75) is 13.0 Å². The van der Waals surface area contributed by atoms with Gasteiger partial charge in [-0.2, -0.15) is 0 Å². The monoisotopic (exact) mass is 239 g/mol. The smallest absolute Gasteiger partial charge is 0.260 e. The lowest BCUT2D eigenvalue weighted by Gasteiger charge is -2.15. The molecule has 0 spiro atoms. The van der Waals surface area contributed by atoms with Gasteiger partial charge in [0.2, 0.25) is 0 Å². The van der Waals surface area contributed by atoms with Crippen molar-refractivity contribution in [2.75, 3.05) is 26.0 Å². The molecule has 0 saturated heterocycles. The van der Waals surface area contributed by atoms with Crippen molar-refractivity contribution >= 4 is 11.7 Å². The summed E-state index contributed by atoms with van der Waals surface area (Å²) in [6.07, 6.45) is 0.935. The van der Waals surface area contributed by atoms with Gasteiger partial charge in [0.05, 0.1) is 6.61 Å². The highest BCUT2D eigenvalue weighted by Gasteiger charge is 2.15. The molecule has 6 nitrogen and oxygen atoms in total. The number of anilines is 1. The third-order valence-corrected chi connectivity index (χ3v) is 2.08. The van der Waals surface area contributed by atoms with Crippen LogP contribution < -0.4 is 15.8 Å². The third-order valence-electron chi connectivity index (χ3n) is 2.08.